The molecule has 4 heteroatoms. The lowest BCUT2D eigenvalue weighted by atomic mass is 9.97. The highest BCUT2D eigenvalue weighted by atomic mass is 35.5. The summed E-state index contributed by atoms with van der Waals surface area (Å²) in [6.45, 7) is 13.7. The standard InChI is InChI=1S/C17H27ClN2S/c1-7-12-9-11(3)14(18)13(8-2)15(12)20-16(21)19-10-17(4,5)6/h9H,7-8,10H2,1-6H3,(H2,19,20,21). The Balaban J connectivity index is 3.01. The van der Waals surface area contributed by atoms with Gasteiger partial charge in [0.2, 0.25) is 0 Å². The lowest BCUT2D eigenvalue weighted by Gasteiger charge is -2.23. The van der Waals surface area contributed by atoms with Gasteiger partial charge >= 0.3 is 0 Å². The predicted molar refractivity (Wildman–Crippen MR) is 98.6 cm³/mol. The van der Waals surface area contributed by atoms with Crippen molar-refractivity contribution in [2.24, 2.45) is 5.41 Å². The number of anilines is 1. The second kappa shape index (κ2) is 7.46. The van der Waals surface area contributed by atoms with Crippen LogP contribution in [0.25, 0.3) is 0 Å². The number of hydrogen-bond acceptors (Lipinski definition) is 1. The van der Waals surface area contributed by atoms with E-state index in [1.54, 1.807) is 0 Å². The molecule has 0 spiro atoms. The average molecular weight is 327 g/mol. The molecule has 118 valence electrons. The Bertz CT molecular complexity index is 519. The number of halogens is 1. The number of thiocarbonyl (C=S) groups is 1. The van der Waals surface area contributed by atoms with Crippen molar-refractivity contribution >= 4 is 34.6 Å². The summed E-state index contributed by atoms with van der Waals surface area (Å²) >= 11 is 11.9. The van der Waals surface area contributed by atoms with Crippen LogP contribution in [0.4, 0.5) is 5.69 Å². The first-order chi connectivity index (χ1) is 9.69. The van der Waals surface area contributed by atoms with Gasteiger partial charge in [0.05, 0.1) is 0 Å². The summed E-state index contributed by atoms with van der Waals surface area (Å²) in [5.74, 6) is 0. The molecule has 0 atom stereocenters. The Morgan fingerprint density at radius 2 is 1.86 bits per heavy atom. The Morgan fingerprint density at radius 1 is 1.24 bits per heavy atom. The maximum atomic E-state index is 6.46. The van der Waals surface area contributed by atoms with Crippen molar-refractivity contribution in [1.29, 1.82) is 0 Å². The highest BCUT2D eigenvalue weighted by molar-refractivity contribution is 7.80. The molecule has 2 N–H and O–H groups in total. The van der Waals surface area contributed by atoms with Crippen LogP contribution in [0.3, 0.4) is 0 Å². The molecule has 21 heavy (non-hydrogen) atoms. The number of rotatable bonds is 4. The first kappa shape index (κ1) is 18.2. The van der Waals surface area contributed by atoms with Gasteiger partial charge in [-0.05, 0) is 54.1 Å². The normalized spacial score (nSPS) is 11.4. The Labute approximate surface area is 139 Å². The fourth-order valence-corrected chi connectivity index (χ4v) is 2.67. The van der Waals surface area contributed by atoms with Crippen molar-refractivity contribution in [3.8, 4) is 0 Å². The molecule has 0 aliphatic heterocycles. The minimum absolute atomic E-state index is 0.192. The number of benzene rings is 1. The molecular weight excluding hydrogens is 300 g/mol. The second-order valence-electron chi connectivity index (χ2n) is 6.60. The molecule has 1 rings (SSSR count). The molecule has 2 nitrogen and oxygen atoms in total. The van der Waals surface area contributed by atoms with E-state index in [1.165, 1.54) is 5.56 Å². The van der Waals surface area contributed by atoms with Crippen LogP contribution in [0, 0.1) is 12.3 Å². The molecule has 0 aromatic heterocycles. The summed E-state index contributed by atoms with van der Waals surface area (Å²) < 4.78 is 0. The summed E-state index contributed by atoms with van der Waals surface area (Å²) in [5, 5.41) is 8.15. The summed E-state index contributed by atoms with van der Waals surface area (Å²) in [7, 11) is 0. The van der Waals surface area contributed by atoms with Crippen molar-refractivity contribution in [2.45, 2.75) is 54.4 Å². The van der Waals surface area contributed by atoms with Gasteiger partial charge in [-0.25, -0.2) is 0 Å². The quantitative estimate of drug-likeness (QED) is 0.752. The van der Waals surface area contributed by atoms with E-state index >= 15 is 0 Å². The van der Waals surface area contributed by atoms with Gasteiger partial charge in [-0.2, -0.15) is 0 Å². The van der Waals surface area contributed by atoms with E-state index in [0.29, 0.717) is 5.11 Å². The minimum Gasteiger partial charge on any atom is -0.362 e. The van der Waals surface area contributed by atoms with Gasteiger partial charge in [-0.15, -0.1) is 0 Å². The van der Waals surface area contributed by atoms with Gasteiger partial charge in [0, 0.05) is 17.3 Å². The summed E-state index contributed by atoms with van der Waals surface area (Å²) in [6, 6.07) is 2.15. The molecule has 0 saturated heterocycles. The minimum atomic E-state index is 0.192. The molecule has 1 aromatic rings. The number of hydrogen-bond donors (Lipinski definition) is 2. The van der Waals surface area contributed by atoms with Crippen LogP contribution in [0.1, 0.15) is 51.3 Å². The topological polar surface area (TPSA) is 24.1 Å². The highest BCUT2D eigenvalue weighted by Gasteiger charge is 2.15. The Morgan fingerprint density at radius 3 is 2.33 bits per heavy atom. The number of nitrogens with one attached hydrogen (secondary N) is 2. The first-order valence-corrected chi connectivity index (χ1v) is 8.34. The Kier molecular flexibility index (Phi) is 6.48. The number of aryl methyl sites for hydroxylation is 2. The summed E-state index contributed by atoms with van der Waals surface area (Å²) in [4.78, 5) is 0. The molecule has 0 bridgehead atoms. The van der Waals surface area contributed by atoms with Gasteiger partial charge in [-0.3, -0.25) is 0 Å². The Hall–Kier alpha value is -0.800. The van der Waals surface area contributed by atoms with Crippen LogP contribution < -0.4 is 10.6 Å². The molecule has 0 saturated carbocycles. The van der Waals surface area contributed by atoms with Crippen molar-refractivity contribution in [3.63, 3.8) is 0 Å². The monoisotopic (exact) mass is 326 g/mol. The molecule has 1 aromatic carbocycles. The summed E-state index contributed by atoms with van der Waals surface area (Å²) in [6.07, 6.45) is 1.84. The molecule has 0 radical (unpaired) electrons. The van der Waals surface area contributed by atoms with Crippen LogP contribution in [0.15, 0.2) is 6.07 Å². The van der Waals surface area contributed by atoms with Crippen molar-refractivity contribution < 1.29 is 0 Å². The van der Waals surface area contributed by atoms with Crippen molar-refractivity contribution in [1.82, 2.24) is 5.32 Å². The van der Waals surface area contributed by atoms with E-state index in [0.717, 1.165) is 41.2 Å². The zero-order valence-electron chi connectivity index (χ0n) is 14.0. The van der Waals surface area contributed by atoms with Crippen molar-refractivity contribution in [2.75, 3.05) is 11.9 Å². The third kappa shape index (κ3) is 5.15. The molecular formula is C17H27ClN2S. The molecule has 0 aliphatic rings. The van der Waals surface area contributed by atoms with Crippen LogP contribution in [0.2, 0.25) is 5.02 Å². The maximum Gasteiger partial charge on any atom is 0.170 e. The van der Waals surface area contributed by atoms with E-state index in [-0.39, 0.29) is 5.41 Å². The maximum absolute atomic E-state index is 6.46. The lowest BCUT2D eigenvalue weighted by molar-refractivity contribution is 0.409. The van der Waals surface area contributed by atoms with Crippen LogP contribution in [-0.2, 0) is 12.8 Å². The van der Waals surface area contributed by atoms with Crippen LogP contribution >= 0.6 is 23.8 Å². The SMILES string of the molecule is CCc1cc(C)c(Cl)c(CC)c1NC(=S)NCC(C)(C)C. The van der Waals surface area contributed by atoms with E-state index in [4.69, 9.17) is 23.8 Å². The second-order valence-corrected chi connectivity index (χ2v) is 7.38. The van der Waals surface area contributed by atoms with Gasteiger partial charge < -0.3 is 10.6 Å². The van der Waals surface area contributed by atoms with Crippen LogP contribution in [0.5, 0.6) is 0 Å². The molecule has 0 fully saturated rings. The zero-order chi connectivity index (χ0) is 16.2. The third-order valence-corrected chi connectivity index (χ3v) is 4.15. The lowest BCUT2D eigenvalue weighted by Crippen LogP contribution is -2.35. The molecule has 0 aliphatic carbocycles. The van der Waals surface area contributed by atoms with Gasteiger partial charge in [0.15, 0.2) is 5.11 Å². The fraction of sp³-hybridized carbons (Fsp3) is 0.588. The smallest absolute Gasteiger partial charge is 0.170 e. The first-order valence-electron chi connectivity index (χ1n) is 7.55. The van der Waals surface area contributed by atoms with Crippen molar-refractivity contribution in [3.05, 3.63) is 27.8 Å². The highest BCUT2D eigenvalue weighted by Crippen LogP contribution is 2.32. The van der Waals surface area contributed by atoms with E-state index in [9.17, 15) is 0 Å². The fourth-order valence-electron chi connectivity index (χ4n) is 2.21. The average Bonchev–Trinajstić information content (AvgIpc) is 2.40. The van der Waals surface area contributed by atoms with Crippen LogP contribution in [-0.4, -0.2) is 11.7 Å². The van der Waals surface area contributed by atoms with E-state index in [1.807, 2.05) is 0 Å². The zero-order valence-corrected chi connectivity index (χ0v) is 15.6. The largest absolute Gasteiger partial charge is 0.362 e. The third-order valence-electron chi connectivity index (χ3n) is 3.38. The van der Waals surface area contributed by atoms with Gasteiger partial charge in [-0.1, -0.05) is 52.3 Å². The summed E-state index contributed by atoms with van der Waals surface area (Å²) in [5.41, 5.74) is 4.80. The van der Waals surface area contributed by atoms with Gasteiger partial charge in [0.1, 0.15) is 0 Å². The molecule has 0 amide bonds. The predicted octanol–water partition coefficient (Wildman–Crippen LogP) is 5.11. The molecule has 0 heterocycles. The van der Waals surface area contributed by atoms with E-state index in [2.05, 4.69) is 58.2 Å². The molecule has 0 unspecified atom stereocenters. The van der Waals surface area contributed by atoms with E-state index < -0.39 is 0 Å². The van der Waals surface area contributed by atoms with Gasteiger partial charge in [0.25, 0.3) is 0 Å².